The molecule has 2 aliphatic rings. The number of nitrogens with two attached hydrogens (primary N) is 1. The van der Waals surface area contributed by atoms with Gasteiger partial charge in [0.1, 0.15) is 23.5 Å². The van der Waals surface area contributed by atoms with Gasteiger partial charge in [0.25, 0.3) is 0 Å². The summed E-state index contributed by atoms with van der Waals surface area (Å²) in [7, 11) is 1.85. The molecular formula is C16H16FN7. The van der Waals surface area contributed by atoms with E-state index in [-0.39, 0.29) is 5.82 Å². The van der Waals surface area contributed by atoms with E-state index in [2.05, 4.69) is 15.5 Å². The monoisotopic (exact) mass is 325 g/mol. The maximum Gasteiger partial charge on any atom is 0.128 e. The van der Waals surface area contributed by atoms with Crippen molar-refractivity contribution in [2.45, 2.75) is 6.54 Å². The predicted octanol–water partition coefficient (Wildman–Crippen LogP) is 1.31. The van der Waals surface area contributed by atoms with Gasteiger partial charge in [-0.2, -0.15) is 5.10 Å². The molecule has 0 fully saturated rings. The van der Waals surface area contributed by atoms with Crippen LogP contribution in [0.3, 0.4) is 0 Å². The highest BCUT2D eigenvalue weighted by Crippen LogP contribution is 2.33. The molecule has 2 aliphatic heterocycles. The first-order valence-corrected chi connectivity index (χ1v) is 7.42. The van der Waals surface area contributed by atoms with Crippen molar-refractivity contribution >= 4 is 12.0 Å². The first-order chi connectivity index (χ1) is 11.6. The molecule has 3 N–H and O–H groups in total. The lowest BCUT2D eigenvalue weighted by Crippen LogP contribution is -2.33. The Bertz CT molecular complexity index is 880. The van der Waals surface area contributed by atoms with Crippen LogP contribution in [0.15, 0.2) is 59.2 Å². The van der Waals surface area contributed by atoms with E-state index >= 15 is 0 Å². The minimum absolute atomic E-state index is 0.250. The lowest BCUT2D eigenvalue weighted by atomic mass is 10.2. The number of hydrazine groups is 2. The summed E-state index contributed by atoms with van der Waals surface area (Å²) in [4.78, 5) is 4.41. The average molecular weight is 325 g/mol. The molecule has 0 radical (unpaired) electrons. The summed E-state index contributed by atoms with van der Waals surface area (Å²) in [6.07, 6.45) is 6.93. The molecule has 0 bridgehead atoms. The molecule has 0 unspecified atom stereocenters. The zero-order valence-corrected chi connectivity index (χ0v) is 13.0. The SMILES string of the molecule is Cn1cc(C2=C3N=CN(N)C=C3N(Cc3ccccc3F)N2)cn1. The first-order valence-electron chi connectivity index (χ1n) is 7.42. The standard InChI is InChI=1S/C16H16FN7/c1-22-7-12(6-20-22)15-16-14(9-23(18)10-19-16)24(21-15)8-11-4-2-3-5-13(11)17/h2-7,9-10,21H,8,18H2,1H3. The largest absolute Gasteiger partial charge is 0.295 e. The summed E-state index contributed by atoms with van der Waals surface area (Å²) in [5.41, 5.74) is 7.11. The van der Waals surface area contributed by atoms with Gasteiger partial charge in [-0.15, -0.1) is 0 Å². The highest BCUT2D eigenvalue weighted by molar-refractivity contribution is 5.77. The van der Waals surface area contributed by atoms with Crippen LogP contribution in [0, 0.1) is 5.82 Å². The number of nitrogens with zero attached hydrogens (tertiary/aromatic N) is 5. The Morgan fingerprint density at radius 2 is 2.12 bits per heavy atom. The van der Waals surface area contributed by atoms with Crippen molar-refractivity contribution in [2.24, 2.45) is 17.9 Å². The van der Waals surface area contributed by atoms with Gasteiger partial charge in [0.15, 0.2) is 0 Å². The van der Waals surface area contributed by atoms with E-state index in [1.54, 1.807) is 29.2 Å². The molecule has 3 heterocycles. The Morgan fingerprint density at radius 3 is 2.88 bits per heavy atom. The summed E-state index contributed by atoms with van der Waals surface area (Å²) >= 11 is 0. The number of fused-ring (bicyclic) bond motifs is 1. The van der Waals surface area contributed by atoms with Gasteiger partial charge in [-0.25, -0.2) is 15.2 Å². The van der Waals surface area contributed by atoms with Crippen molar-refractivity contribution in [1.29, 1.82) is 0 Å². The van der Waals surface area contributed by atoms with Crippen LogP contribution < -0.4 is 11.3 Å². The molecule has 24 heavy (non-hydrogen) atoms. The topological polar surface area (TPSA) is 74.7 Å². The fourth-order valence-corrected chi connectivity index (χ4v) is 2.74. The van der Waals surface area contributed by atoms with Crippen LogP contribution in [0.2, 0.25) is 0 Å². The van der Waals surface area contributed by atoms with Crippen molar-refractivity contribution in [3.05, 3.63) is 71.2 Å². The Balaban J connectivity index is 1.70. The molecule has 1 aromatic heterocycles. The molecule has 7 nitrogen and oxygen atoms in total. The van der Waals surface area contributed by atoms with Crippen LogP contribution in [0.4, 0.5) is 4.39 Å². The molecule has 4 rings (SSSR count). The van der Waals surface area contributed by atoms with E-state index in [9.17, 15) is 4.39 Å². The van der Waals surface area contributed by atoms with Gasteiger partial charge < -0.3 is 0 Å². The number of aromatic nitrogens is 2. The smallest absolute Gasteiger partial charge is 0.128 e. The summed E-state index contributed by atoms with van der Waals surface area (Å²) in [5.74, 6) is 5.55. The molecule has 0 spiro atoms. The van der Waals surface area contributed by atoms with Crippen molar-refractivity contribution < 1.29 is 4.39 Å². The summed E-state index contributed by atoms with van der Waals surface area (Å²) in [6, 6.07) is 6.69. The van der Waals surface area contributed by atoms with E-state index in [1.807, 2.05) is 24.3 Å². The second-order valence-corrected chi connectivity index (χ2v) is 5.62. The third kappa shape index (κ3) is 2.42. The molecule has 0 saturated heterocycles. The summed E-state index contributed by atoms with van der Waals surface area (Å²) in [5, 5.41) is 7.40. The Kier molecular flexibility index (Phi) is 3.31. The van der Waals surface area contributed by atoms with E-state index in [0.717, 1.165) is 22.7 Å². The van der Waals surface area contributed by atoms with Crippen LogP contribution >= 0.6 is 0 Å². The molecule has 2 aromatic rings. The van der Waals surface area contributed by atoms with Gasteiger partial charge in [0, 0.05) is 30.6 Å². The molecule has 0 atom stereocenters. The second-order valence-electron chi connectivity index (χ2n) is 5.62. The number of aliphatic imine (C=N–C) groups is 1. The molecule has 122 valence electrons. The van der Waals surface area contributed by atoms with Crippen molar-refractivity contribution in [1.82, 2.24) is 25.2 Å². The van der Waals surface area contributed by atoms with E-state index < -0.39 is 0 Å². The van der Waals surface area contributed by atoms with Gasteiger partial charge in [-0.1, -0.05) is 18.2 Å². The van der Waals surface area contributed by atoms with E-state index in [1.165, 1.54) is 17.4 Å². The molecule has 0 aliphatic carbocycles. The fraction of sp³-hybridized carbons (Fsp3) is 0.125. The first kappa shape index (κ1) is 14.5. The zero-order chi connectivity index (χ0) is 16.7. The van der Waals surface area contributed by atoms with E-state index in [4.69, 9.17) is 5.84 Å². The van der Waals surface area contributed by atoms with Gasteiger partial charge in [0.05, 0.1) is 18.4 Å². The normalized spacial score (nSPS) is 16.4. The Hall–Kier alpha value is -3.13. The number of halogens is 1. The number of nitrogens with one attached hydrogen (secondary N) is 1. The maximum absolute atomic E-state index is 14.0. The van der Waals surface area contributed by atoms with Gasteiger partial charge in [-0.3, -0.25) is 20.1 Å². The minimum Gasteiger partial charge on any atom is -0.295 e. The van der Waals surface area contributed by atoms with Crippen LogP contribution in [0.5, 0.6) is 0 Å². The van der Waals surface area contributed by atoms with Crippen LogP contribution in [-0.2, 0) is 13.6 Å². The lowest BCUT2D eigenvalue weighted by molar-refractivity contribution is 0.298. The summed E-state index contributed by atoms with van der Waals surface area (Å²) < 4.78 is 15.7. The van der Waals surface area contributed by atoms with Crippen molar-refractivity contribution in [3.8, 4) is 0 Å². The number of benzene rings is 1. The molecule has 1 aromatic carbocycles. The van der Waals surface area contributed by atoms with Gasteiger partial charge in [-0.05, 0) is 6.07 Å². The lowest BCUT2D eigenvalue weighted by Gasteiger charge is -2.24. The second kappa shape index (κ2) is 5.50. The number of hydrogen-bond donors (Lipinski definition) is 2. The maximum atomic E-state index is 14.0. The highest BCUT2D eigenvalue weighted by Gasteiger charge is 2.30. The number of aryl methyl sites for hydroxylation is 1. The number of rotatable bonds is 3. The number of hydrogen-bond acceptors (Lipinski definition) is 6. The predicted molar refractivity (Wildman–Crippen MR) is 87.8 cm³/mol. The highest BCUT2D eigenvalue weighted by atomic mass is 19.1. The van der Waals surface area contributed by atoms with Gasteiger partial charge in [0.2, 0.25) is 0 Å². The van der Waals surface area contributed by atoms with Crippen molar-refractivity contribution in [3.63, 3.8) is 0 Å². The third-order valence-corrected chi connectivity index (χ3v) is 3.89. The fourth-order valence-electron chi connectivity index (χ4n) is 2.74. The molecule has 8 heteroatoms. The van der Waals surface area contributed by atoms with E-state index in [0.29, 0.717) is 12.1 Å². The Morgan fingerprint density at radius 1 is 1.29 bits per heavy atom. The van der Waals surface area contributed by atoms with Crippen LogP contribution in [0.25, 0.3) is 5.70 Å². The zero-order valence-electron chi connectivity index (χ0n) is 13.0. The van der Waals surface area contributed by atoms with Gasteiger partial charge >= 0.3 is 0 Å². The van der Waals surface area contributed by atoms with Crippen LogP contribution in [-0.4, -0.2) is 26.1 Å². The third-order valence-electron chi connectivity index (χ3n) is 3.89. The quantitative estimate of drug-likeness (QED) is 0.832. The Labute approximate surface area is 138 Å². The molecule has 0 amide bonds. The summed E-state index contributed by atoms with van der Waals surface area (Å²) in [6.45, 7) is 0.342. The van der Waals surface area contributed by atoms with Crippen LogP contribution in [0.1, 0.15) is 11.1 Å². The molecule has 0 saturated carbocycles. The average Bonchev–Trinajstić information content (AvgIpc) is 3.13. The minimum atomic E-state index is -0.250. The molecular weight excluding hydrogens is 309 g/mol. The van der Waals surface area contributed by atoms with Crippen molar-refractivity contribution in [2.75, 3.05) is 0 Å².